The van der Waals surface area contributed by atoms with E-state index in [9.17, 15) is 4.79 Å². The van der Waals surface area contributed by atoms with Gasteiger partial charge in [-0.25, -0.2) is 4.79 Å². The second kappa shape index (κ2) is 6.60. The molecule has 3 heterocycles. The van der Waals surface area contributed by atoms with Gasteiger partial charge in [0, 0.05) is 43.0 Å². The van der Waals surface area contributed by atoms with Crippen LogP contribution in [-0.4, -0.2) is 28.5 Å². The summed E-state index contributed by atoms with van der Waals surface area (Å²) in [6.07, 6.45) is 4.86. The fraction of sp³-hybridized carbons (Fsp3) is 0.333. The number of aryl methyl sites for hydroxylation is 1. The lowest BCUT2D eigenvalue weighted by atomic mass is 10.0. The van der Waals surface area contributed by atoms with Crippen molar-refractivity contribution in [1.29, 1.82) is 0 Å². The number of benzene rings is 1. The molecule has 2 atom stereocenters. The first-order valence-corrected chi connectivity index (χ1v) is 8.33. The van der Waals surface area contributed by atoms with E-state index in [4.69, 9.17) is 9.15 Å². The molecule has 0 unspecified atom stereocenters. The first-order valence-electron chi connectivity index (χ1n) is 8.33. The lowest BCUT2D eigenvalue weighted by Gasteiger charge is -2.30. The molecule has 25 heavy (non-hydrogen) atoms. The maximum absolute atomic E-state index is 12.3. The Balaban J connectivity index is 1.37. The lowest BCUT2D eigenvalue weighted by molar-refractivity contribution is -0.00204. The van der Waals surface area contributed by atoms with Gasteiger partial charge in [0.2, 0.25) is 0 Å². The lowest BCUT2D eigenvalue weighted by Crippen LogP contribution is -2.42. The number of fused-ring (bicyclic) bond motifs is 1. The highest BCUT2D eigenvalue weighted by Crippen LogP contribution is 2.27. The van der Waals surface area contributed by atoms with Gasteiger partial charge in [0.05, 0.1) is 12.0 Å². The van der Waals surface area contributed by atoms with Crippen molar-refractivity contribution < 1.29 is 13.9 Å². The second-order valence-electron chi connectivity index (χ2n) is 6.23. The Morgan fingerprint density at radius 2 is 2.24 bits per heavy atom. The van der Waals surface area contributed by atoms with E-state index < -0.39 is 0 Å². The van der Waals surface area contributed by atoms with Crippen molar-refractivity contribution >= 4 is 22.7 Å². The van der Waals surface area contributed by atoms with Gasteiger partial charge in [0.1, 0.15) is 11.7 Å². The molecule has 2 N–H and O–H groups in total. The molecule has 0 saturated carbocycles. The number of amides is 2. The van der Waals surface area contributed by atoms with Crippen molar-refractivity contribution in [2.45, 2.75) is 25.0 Å². The number of rotatable bonds is 3. The molecule has 7 nitrogen and oxygen atoms in total. The number of carbonyl (C=O) groups is 1. The Labute approximate surface area is 144 Å². The summed E-state index contributed by atoms with van der Waals surface area (Å²) in [5.41, 5.74) is 2.48. The van der Waals surface area contributed by atoms with Gasteiger partial charge in [-0.05, 0) is 37.1 Å². The minimum absolute atomic E-state index is 0.0500. The number of hydrogen-bond acceptors (Lipinski definition) is 4. The highest BCUT2D eigenvalue weighted by Gasteiger charge is 2.26. The number of furan rings is 1. The average molecular weight is 340 g/mol. The molecule has 7 heteroatoms. The standard InChI is InChI=1S/C18H20N4O3/c1-22-15(4-7-19-22)17-11-14(6-9-25-17)21-18(23)20-13-3-2-12-5-8-24-16(12)10-13/h2-5,7-8,10,14,17H,6,9,11H2,1H3,(H2,20,21,23)/t14-,17-/m0/s1. The Morgan fingerprint density at radius 1 is 1.32 bits per heavy atom. The van der Waals surface area contributed by atoms with E-state index >= 15 is 0 Å². The number of aromatic nitrogens is 2. The SMILES string of the molecule is Cn1nccc1[C@@H]1C[C@@H](NC(=O)Nc2ccc3ccoc3c2)CCO1. The summed E-state index contributed by atoms with van der Waals surface area (Å²) in [5, 5.41) is 11.1. The summed E-state index contributed by atoms with van der Waals surface area (Å²) in [6.45, 7) is 0.610. The summed E-state index contributed by atoms with van der Waals surface area (Å²) < 4.78 is 13.0. The Hall–Kier alpha value is -2.80. The number of ether oxygens (including phenoxy) is 1. The van der Waals surface area contributed by atoms with Gasteiger partial charge in [-0.15, -0.1) is 0 Å². The summed E-state index contributed by atoms with van der Waals surface area (Å²) in [4.78, 5) is 12.3. The fourth-order valence-corrected chi connectivity index (χ4v) is 3.22. The normalized spacial score (nSPS) is 20.5. The molecule has 1 aliphatic heterocycles. The number of nitrogens with zero attached hydrogens (tertiary/aromatic N) is 2. The van der Waals surface area contributed by atoms with E-state index in [2.05, 4.69) is 15.7 Å². The topological polar surface area (TPSA) is 81.3 Å². The number of carbonyl (C=O) groups excluding carboxylic acids is 1. The molecule has 0 spiro atoms. The van der Waals surface area contributed by atoms with Crippen LogP contribution in [-0.2, 0) is 11.8 Å². The predicted molar refractivity (Wildman–Crippen MR) is 93.3 cm³/mol. The summed E-state index contributed by atoms with van der Waals surface area (Å²) >= 11 is 0. The van der Waals surface area contributed by atoms with E-state index in [1.165, 1.54) is 0 Å². The van der Waals surface area contributed by atoms with Gasteiger partial charge < -0.3 is 19.8 Å². The monoisotopic (exact) mass is 340 g/mol. The second-order valence-corrected chi connectivity index (χ2v) is 6.23. The van der Waals surface area contributed by atoms with Crippen LogP contribution in [0.3, 0.4) is 0 Å². The van der Waals surface area contributed by atoms with Gasteiger partial charge in [-0.3, -0.25) is 4.68 Å². The molecular formula is C18H20N4O3. The van der Waals surface area contributed by atoms with Gasteiger partial charge in [-0.1, -0.05) is 0 Å². The molecule has 1 aromatic carbocycles. The molecule has 2 amide bonds. The van der Waals surface area contributed by atoms with Crippen LogP contribution in [0.25, 0.3) is 11.0 Å². The minimum atomic E-state index is -0.221. The van der Waals surface area contributed by atoms with Crippen LogP contribution < -0.4 is 10.6 Å². The highest BCUT2D eigenvalue weighted by molar-refractivity contribution is 5.92. The molecule has 0 aliphatic carbocycles. The van der Waals surface area contributed by atoms with Crippen LogP contribution >= 0.6 is 0 Å². The molecule has 130 valence electrons. The van der Waals surface area contributed by atoms with Crippen molar-refractivity contribution in [3.05, 3.63) is 48.5 Å². The van der Waals surface area contributed by atoms with Gasteiger partial charge in [-0.2, -0.15) is 5.10 Å². The molecule has 0 bridgehead atoms. The van der Waals surface area contributed by atoms with Crippen molar-refractivity contribution in [2.24, 2.45) is 7.05 Å². The number of urea groups is 1. The summed E-state index contributed by atoms with van der Waals surface area (Å²) in [6, 6.07) is 9.27. The van der Waals surface area contributed by atoms with Gasteiger partial charge in [0.15, 0.2) is 0 Å². The zero-order valence-corrected chi connectivity index (χ0v) is 13.9. The Morgan fingerprint density at radius 3 is 3.08 bits per heavy atom. The highest BCUT2D eigenvalue weighted by atomic mass is 16.5. The molecule has 1 saturated heterocycles. The largest absolute Gasteiger partial charge is 0.464 e. The third kappa shape index (κ3) is 3.36. The molecule has 2 aromatic heterocycles. The van der Waals surface area contributed by atoms with Crippen LogP contribution in [0.4, 0.5) is 10.5 Å². The van der Waals surface area contributed by atoms with E-state index in [1.807, 2.05) is 42.1 Å². The van der Waals surface area contributed by atoms with E-state index in [0.717, 1.165) is 29.5 Å². The third-order valence-electron chi connectivity index (χ3n) is 4.52. The maximum atomic E-state index is 12.3. The molecule has 1 fully saturated rings. The molecule has 1 aliphatic rings. The van der Waals surface area contributed by atoms with Crippen molar-refractivity contribution in [2.75, 3.05) is 11.9 Å². The Bertz CT molecular complexity index is 885. The molecular weight excluding hydrogens is 320 g/mol. The molecule has 3 aromatic rings. The quantitative estimate of drug-likeness (QED) is 0.767. The zero-order valence-electron chi connectivity index (χ0n) is 13.9. The van der Waals surface area contributed by atoms with Crippen LogP contribution in [0.1, 0.15) is 24.6 Å². The average Bonchev–Trinajstić information content (AvgIpc) is 3.23. The predicted octanol–water partition coefficient (Wildman–Crippen LogP) is 3.21. The van der Waals surface area contributed by atoms with Crippen LogP contribution in [0, 0.1) is 0 Å². The number of hydrogen-bond donors (Lipinski definition) is 2. The van der Waals surface area contributed by atoms with Crippen molar-refractivity contribution in [3.63, 3.8) is 0 Å². The number of nitrogens with one attached hydrogen (secondary N) is 2. The van der Waals surface area contributed by atoms with Crippen LogP contribution in [0.5, 0.6) is 0 Å². The minimum Gasteiger partial charge on any atom is -0.464 e. The smallest absolute Gasteiger partial charge is 0.319 e. The van der Waals surface area contributed by atoms with Crippen LogP contribution in [0.15, 0.2) is 47.2 Å². The number of anilines is 1. The van der Waals surface area contributed by atoms with Crippen molar-refractivity contribution in [1.82, 2.24) is 15.1 Å². The first-order chi connectivity index (χ1) is 12.2. The molecule has 4 rings (SSSR count). The third-order valence-corrected chi connectivity index (χ3v) is 4.52. The zero-order chi connectivity index (χ0) is 17.2. The maximum Gasteiger partial charge on any atom is 0.319 e. The van der Waals surface area contributed by atoms with Crippen LogP contribution in [0.2, 0.25) is 0 Å². The summed E-state index contributed by atoms with van der Waals surface area (Å²) in [5.74, 6) is 0. The first kappa shape index (κ1) is 15.7. The van der Waals surface area contributed by atoms with E-state index in [1.54, 1.807) is 12.5 Å². The molecule has 0 radical (unpaired) electrons. The van der Waals surface area contributed by atoms with E-state index in [0.29, 0.717) is 12.3 Å². The Kier molecular flexibility index (Phi) is 4.15. The van der Waals surface area contributed by atoms with Gasteiger partial charge >= 0.3 is 6.03 Å². The van der Waals surface area contributed by atoms with Gasteiger partial charge in [0.25, 0.3) is 0 Å². The van der Waals surface area contributed by atoms with Crippen molar-refractivity contribution in [3.8, 4) is 0 Å². The van der Waals surface area contributed by atoms with E-state index in [-0.39, 0.29) is 18.2 Å². The summed E-state index contributed by atoms with van der Waals surface area (Å²) in [7, 11) is 1.90. The fourth-order valence-electron chi connectivity index (χ4n) is 3.22.